The van der Waals surface area contributed by atoms with E-state index in [1.165, 1.54) is 0 Å². The molecule has 4 heteroatoms. The van der Waals surface area contributed by atoms with Gasteiger partial charge in [-0.3, -0.25) is 0 Å². The molecule has 2 aromatic rings. The molecule has 4 nitrogen and oxygen atoms in total. The average molecular weight is 233 g/mol. The maximum Gasteiger partial charge on any atom is 0.220 e. The third-order valence-electron chi connectivity index (χ3n) is 3.01. The van der Waals surface area contributed by atoms with Crippen molar-refractivity contribution in [1.82, 2.24) is 14.9 Å². The molecule has 0 aromatic carbocycles. The van der Waals surface area contributed by atoms with Crippen molar-refractivity contribution in [3.05, 3.63) is 24.0 Å². The topological polar surface area (TPSA) is 50.1 Å². The molecule has 0 bridgehead atoms. The van der Waals surface area contributed by atoms with Gasteiger partial charge >= 0.3 is 0 Å². The molecule has 0 fully saturated rings. The fraction of sp³-hybridized carbons (Fsp3) is 0.462. The van der Waals surface area contributed by atoms with Crippen LogP contribution >= 0.6 is 0 Å². The fourth-order valence-corrected chi connectivity index (χ4v) is 2.16. The van der Waals surface area contributed by atoms with Crippen LogP contribution in [-0.4, -0.2) is 27.7 Å². The Hall–Kier alpha value is -1.55. The van der Waals surface area contributed by atoms with Crippen molar-refractivity contribution in [3.63, 3.8) is 0 Å². The summed E-state index contributed by atoms with van der Waals surface area (Å²) < 4.78 is 2.15. The first-order valence-electron chi connectivity index (χ1n) is 6.14. The number of likely N-dealkylation sites (N-methyl/N-ethyl adjacent to an activating group) is 1. The van der Waals surface area contributed by atoms with Crippen molar-refractivity contribution in [2.45, 2.75) is 26.8 Å². The summed E-state index contributed by atoms with van der Waals surface area (Å²) >= 11 is 0. The van der Waals surface area contributed by atoms with E-state index in [2.05, 4.69) is 34.9 Å². The van der Waals surface area contributed by atoms with Crippen LogP contribution in [-0.2, 0) is 13.0 Å². The lowest BCUT2D eigenvalue weighted by Gasteiger charge is -2.01. The Balaban J connectivity index is 2.40. The van der Waals surface area contributed by atoms with E-state index in [0.717, 1.165) is 42.5 Å². The molecule has 0 aliphatic rings. The van der Waals surface area contributed by atoms with Crippen LogP contribution in [0.5, 0.6) is 5.88 Å². The standard InChI is InChI=1S/C13H19N3O/c1-3-14-7-5-10-9-16(4-2)11-6-8-15-13(17)12(10)11/h6,8-9,14H,3-5,7H2,1-2H3,(H,15,17). The first kappa shape index (κ1) is 11.9. The van der Waals surface area contributed by atoms with E-state index in [4.69, 9.17) is 0 Å². The molecule has 2 N–H and O–H groups in total. The number of hydrogen-bond donors (Lipinski definition) is 2. The molecule has 2 heterocycles. The maximum absolute atomic E-state index is 9.87. The summed E-state index contributed by atoms with van der Waals surface area (Å²) in [5, 5.41) is 14.1. The highest BCUT2D eigenvalue weighted by Crippen LogP contribution is 2.28. The Morgan fingerprint density at radius 3 is 2.94 bits per heavy atom. The van der Waals surface area contributed by atoms with E-state index < -0.39 is 0 Å². The lowest BCUT2D eigenvalue weighted by atomic mass is 10.1. The zero-order valence-electron chi connectivity index (χ0n) is 10.4. The summed E-state index contributed by atoms with van der Waals surface area (Å²) in [7, 11) is 0. The van der Waals surface area contributed by atoms with E-state index in [1.807, 2.05) is 6.07 Å². The van der Waals surface area contributed by atoms with Gasteiger partial charge in [0.15, 0.2) is 0 Å². The predicted octanol–water partition coefficient (Wildman–Crippen LogP) is 1.91. The highest BCUT2D eigenvalue weighted by Gasteiger charge is 2.11. The first-order chi connectivity index (χ1) is 8.27. The van der Waals surface area contributed by atoms with E-state index >= 15 is 0 Å². The van der Waals surface area contributed by atoms with Gasteiger partial charge < -0.3 is 15.0 Å². The second-order valence-corrected chi connectivity index (χ2v) is 4.07. The molecule has 2 aromatic heterocycles. The second kappa shape index (κ2) is 5.19. The molecule has 0 aliphatic carbocycles. The van der Waals surface area contributed by atoms with Gasteiger partial charge in [0.05, 0.1) is 10.9 Å². The monoisotopic (exact) mass is 233 g/mol. The number of rotatable bonds is 5. The van der Waals surface area contributed by atoms with Crippen LogP contribution in [0.3, 0.4) is 0 Å². The lowest BCUT2D eigenvalue weighted by Crippen LogP contribution is -2.15. The third kappa shape index (κ3) is 2.26. The molecule has 0 spiro atoms. The van der Waals surface area contributed by atoms with Crippen molar-refractivity contribution in [2.24, 2.45) is 0 Å². The van der Waals surface area contributed by atoms with Gasteiger partial charge in [0.2, 0.25) is 5.88 Å². The third-order valence-corrected chi connectivity index (χ3v) is 3.01. The molecule has 0 saturated carbocycles. The van der Waals surface area contributed by atoms with Crippen LogP contribution in [0.15, 0.2) is 18.5 Å². The number of aromatic hydroxyl groups is 1. The molecule has 0 unspecified atom stereocenters. The van der Waals surface area contributed by atoms with Gasteiger partial charge in [-0.1, -0.05) is 6.92 Å². The minimum atomic E-state index is 0.140. The zero-order chi connectivity index (χ0) is 12.3. The fourth-order valence-electron chi connectivity index (χ4n) is 2.16. The van der Waals surface area contributed by atoms with Crippen LogP contribution in [0.2, 0.25) is 0 Å². The number of aryl methyl sites for hydroxylation is 1. The molecule has 92 valence electrons. The second-order valence-electron chi connectivity index (χ2n) is 4.07. The van der Waals surface area contributed by atoms with Crippen LogP contribution in [0.4, 0.5) is 0 Å². The van der Waals surface area contributed by atoms with Crippen LogP contribution < -0.4 is 5.32 Å². The molecule has 0 saturated heterocycles. The highest BCUT2D eigenvalue weighted by atomic mass is 16.3. The minimum Gasteiger partial charge on any atom is -0.493 e. The van der Waals surface area contributed by atoms with Gasteiger partial charge in [0.25, 0.3) is 0 Å². The summed E-state index contributed by atoms with van der Waals surface area (Å²) in [6.07, 6.45) is 4.68. The Kier molecular flexibility index (Phi) is 3.64. The highest BCUT2D eigenvalue weighted by molar-refractivity contribution is 5.88. The molecular weight excluding hydrogens is 214 g/mol. The average Bonchev–Trinajstić information content (AvgIpc) is 2.69. The molecule has 0 atom stereocenters. The van der Waals surface area contributed by atoms with Crippen molar-refractivity contribution in [2.75, 3.05) is 13.1 Å². The predicted molar refractivity (Wildman–Crippen MR) is 69.3 cm³/mol. The molecule has 0 aliphatic heterocycles. The SMILES string of the molecule is CCNCCc1cn(CC)c2ccnc(O)c12. The van der Waals surface area contributed by atoms with Gasteiger partial charge in [0, 0.05) is 18.9 Å². The van der Waals surface area contributed by atoms with Crippen molar-refractivity contribution in [1.29, 1.82) is 0 Å². The van der Waals surface area contributed by atoms with E-state index in [0.29, 0.717) is 0 Å². The van der Waals surface area contributed by atoms with Gasteiger partial charge in [-0.05, 0) is 38.1 Å². The Morgan fingerprint density at radius 2 is 2.24 bits per heavy atom. The number of nitrogens with zero attached hydrogens (tertiary/aromatic N) is 2. The van der Waals surface area contributed by atoms with E-state index in [1.54, 1.807) is 6.20 Å². The summed E-state index contributed by atoms with van der Waals surface area (Å²) in [5.41, 5.74) is 2.22. The molecule has 17 heavy (non-hydrogen) atoms. The van der Waals surface area contributed by atoms with Crippen LogP contribution in [0, 0.1) is 0 Å². The van der Waals surface area contributed by atoms with Crippen molar-refractivity contribution < 1.29 is 5.11 Å². The van der Waals surface area contributed by atoms with Gasteiger partial charge in [-0.2, -0.15) is 0 Å². The zero-order valence-corrected chi connectivity index (χ0v) is 10.4. The van der Waals surface area contributed by atoms with Gasteiger partial charge in [-0.15, -0.1) is 0 Å². The van der Waals surface area contributed by atoms with Crippen LogP contribution in [0.1, 0.15) is 19.4 Å². The van der Waals surface area contributed by atoms with Crippen LogP contribution in [0.25, 0.3) is 10.9 Å². The number of nitrogens with one attached hydrogen (secondary N) is 1. The van der Waals surface area contributed by atoms with Gasteiger partial charge in [-0.25, -0.2) is 4.98 Å². The smallest absolute Gasteiger partial charge is 0.220 e. The number of fused-ring (bicyclic) bond motifs is 1. The maximum atomic E-state index is 9.87. The molecule has 0 amide bonds. The Morgan fingerprint density at radius 1 is 1.41 bits per heavy atom. The summed E-state index contributed by atoms with van der Waals surface area (Å²) in [6.45, 7) is 6.99. The van der Waals surface area contributed by atoms with Crippen molar-refractivity contribution >= 4 is 10.9 Å². The molecular formula is C13H19N3O. The van der Waals surface area contributed by atoms with E-state index in [-0.39, 0.29) is 5.88 Å². The quantitative estimate of drug-likeness (QED) is 0.776. The summed E-state index contributed by atoms with van der Waals surface area (Å²) in [4.78, 5) is 3.97. The minimum absolute atomic E-state index is 0.140. The Labute approximate surface area is 101 Å². The van der Waals surface area contributed by atoms with E-state index in [9.17, 15) is 5.11 Å². The number of pyridine rings is 1. The number of hydrogen-bond acceptors (Lipinski definition) is 3. The largest absolute Gasteiger partial charge is 0.493 e. The van der Waals surface area contributed by atoms with Gasteiger partial charge in [0.1, 0.15) is 0 Å². The molecule has 2 rings (SSSR count). The normalized spacial score (nSPS) is 11.2. The lowest BCUT2D eigenvalue weighted by molar-refractivity contribution is 0.460. The first-order valence-corrected chi connectivity index (χ1v) is 6.14. The number of aromatic nitrogens is 2. The summed E-state index contributed by atoms with van der Waals surface area (Å²) in [5.74, 6) is 0.140. The molecule has 0 radical (unpaired) electrons. The Bertz CT molecular complexity index is 505. The van der Waals surface area contributed by atoms with Crippen molar-refractivity contribution in [3.8, 4) is 5.88 Å². The summed E-state index contributed by atoms with van der Waals surface area (Å²) in [6, 6.07) is 1.95.